The molecule has 0 radical (unpaired) electrons. The van der Waals surface area contributed by atoms with Crippen LogP contribution < -0.4 is 25.5 Å². The second kappa shape index (κ2) is 13.9. The molecule has 4 aliphatic carbocycles. The third kappa shape index (κ3) is 6.45. The van der Waals surface area contributed by atoms with Gasteiger partial charge in [0, 0.05) is 43.3 Å². The smallest absolute Gasteiger partial charge is 0.264 e. The monoisotopic (exact) mass is 863 g/mol. The molecule has 64 heavy (non-hydrogen) atoms. The van der Waals surface area contributed by atoms with Crippen LogP contribution in [0.15, 0.2) is 91.0 Å². The Balaban J connectivity index is 1.25. The van der Waals surface area contributed by atoms with Gasteiger partial charge in [0.25, 0.3) is 6.71 Å². The number of hydrogen-bond donors (Lipinski definition) is 0. The number of rotatable bonds is 3. The van der Waals surface area contributed by atoms with E-state index in [1.54, 1.807) is 5.56 Å². The highest BCUT2D eigenvalue weighted by Gasteiger charge is 2.48. The van der Waals surface area contributed by atoms with Crippen LogP contribution in [0.5, 0.6) is 0 Å². The van der Waals surface area contributed by atoms with E-state index < -0.39 is 0 Å². The first kappa shape index (κ1) is 42.4. The summed E-state index contributed by atoms with van der Waals surface area (Å²) >= 11 is 2.07. The molecule has 1 aromatic heterocycles. The van der Waals surface area contributed by atoms with Crippen LogP contribution in [0.2, 0.25) is 0 Å². The standard InChI is InChI=1S/C60H71BN2S/c1-55(2,3)38-14-18-42(19-15-38)62-48-22-16-39(56(4,5)6)33-47(48)61-52-49(62)34-41(57(7,8)9)35-50(52)63(43-20-21-45-46(36-43)59(12,13)31-30-58(45,10)11)53-44-32-40(17-23-51(44)64-54(53)61)60-27-24-37(25-28-60)26-29-60/h14-23,32-37H,24-31H2,1-13H3. The van der Waals surface area contributed by atoms with Gasteiger partial charge in [0.2, 0.25) is 0 Å². The Labute approximate surface area is 390 Å². The van der Waals surface area contributed by atoms with Crippen molar-refractivity contribution in [2.75, 3.05) is 9.80 Å². The van der Waals surface area contributed by atoms with Gasteiger partial charge in [-0.25, -0.2) is 0 Å². The van der Waals surface area contributed by atoms with Crippen molar-refractivity contribution in [1.82, 2.24) is 0 Å². The molecule has 0 unspecified atom stereocenters. The quantitative estimate of drug-likeness (QED) is 0.163. The zero-order valence-corrected chi connectivity index (χ0v) is 42.1. The lowest BCUT2D eigenvalue weighted by Gasteiger charge is -2.47. The predicted octanol–water partition coefficient (Wildman–Crippen LogP) is 15.4. The summed E-state index contributed by atoms with van der Waals surface area (Å²) in [4.78, 5) is 5.40. The molecular formula is C60H71BN2S. The van der Waals surface area contributed by atoms with Gasteiger partial charge in [-0.05, 0) is 189 Å². The Morgan fingerprint density at radius 2 is 1.11 bits per heavy atom. The zero-order valence-electron chi connectivity index (χ0n) is 41.3. The minimum Gasteiger partial charge on any atom is -0.311 e. The summed E-state index contributed by atoms with van der Waals surface area (Å²) in [5, 5.41) is 1.44. The van der Waals surface area contributed by atoms with Crippen LogP contribution in [0.4, 0.5) is 34.1 Å². The zero-order chi connectivity index (χ0) is 45.1. The van der Waals surface area contributed by atoms with Crippen LogP contribution in [0.1, 0.15) is 175 Å². The number of nitrogens with zero attached hydrogens (tertiary/aromatic N) is 2. The van der Waals surface area contributed by atoms with E-state index in [1.807, 2.05) is 0 Å². The predicted molar refractivity (Wildman–Crippen MR) is 280 cm³/mol. The molecule has 0 atom stereocenters. The molecule has 5 aromatic carbocycles. The highest BCUT2D eigenvalue weighted by Crippen LogP contribution is 2.55. The number of thiophene rings is 1. The largest absolute Gasteiger partial charge is 0.311 e. The average molecular weight is 863 g/mol. The Morgan fingerprint density at radius 1 is 0.531 bits per heavy atom. The summed E-state index contributed by atoms with van der Waals surface area (Å²) in [5.74, 6) is 0.941. The van der Waals surface area contributed by atoms with Crippen LogP contribution in [0, 0.1) is 5.92 Å². The van der Waals surface area contributed by atoms with Gasteiger partial charge < -0.3 is 9.80 Å². The highest BCUT2D eigenvalue weighted by molar-refractivity contribution is 7.33. The summed E-state index contributed by atoms with van der Waals surface area (Å²) in [6.07, 6.45) is 10.6. The van der Waals surface area contributed by atoms with E-state index >= 15 is 0 Å². The molecule has 2 nitrogen and oxygen atoms in total. The average Bonchev–Trinajstić information content (AvgIpc) is 3.63. The minimum absolute atomic E-state index is 0.00797. The van der Waals surface area contributed by atoms with Gasteiger partial charge in [-0.2, -0.15) is 0 Å². The van der Waals surface area contributed by atoms with Gasteiger partial charge in [-0.3, -0.25) is 0 Å². The lowest BCUT2D eigenvalue weighted by atomic mass is 9.36. The lowest BCUT2D eigenvalue weighted by Crippen LogP contribution is -2.60. The summed E-state index contributed by atoms with van der Waals surface area (Å²) < 4.78 is 2.90. The number of benzene rings is 5. The molecule has 0 amide bonds. The van der Waals surface area contributed by atoms with E-state index in [2.05, 4.69) is 202 Å². The third-order valence-corrected chi connectivity index (χ3v) is 18.4. The van der Waals surface area contributed by atoms with Gasteiger partial charge in [0.15, 0.2) is 0 Å². The van der Waals surface area contributed by atoms with Crippen LogP contribution in [-0.2, 0) is 32.5 Å². The summed E-state index contributed by atoms with van der Waals surface area (Å²) in [7, 11) is 0. The van der Waals surface area contributed by atoms with Crippen LogP contribution in [0.3, 0.4) is 0 Å². The van der Waals surface area contributed by atoms with Crippen molar-refractivity contribution in [2.45, 2.75) is 174 Å². The van der Waals surface area contributed by atoms with Crippen molar-refractivity contribution < 1.29 is 0 Å². The van der Waals surface area contributed by atoms with Crippen molar-refractivity contribution in [1.29, 1.82) is 0 Å². The second-order valence-corrected chi connectivity index (χ2v) is 26.5. The molecule has 0 saturated heterocycles. The number of anilines is 6. The van der Waals surface area contributed by atoms with E-state index in [1.165, 1.54) is 139 Å². The molecular weight excluding hydrogens is 792 g/mol. The SMILES string of the molecule is CC(C)(C)c1ccc(N2c3ccc(C(C)(C)C)cc3B3c4sc5ccc(C67CCC(CC6)CC7)cc5c4N(c4ccc5c(c4)C(C)(C)CCC5(C)C)c4cc(C(C)(C)C)cc2c43)cc1. The number of fused-ring (bicyclic) bond motifs is 10. The van der Waals surface area contributed by atoms with Crippen molar-refractivity contribution in [3.8, 4) is 0 Å². The Morgan fingerprint density at radius 3 is 1.73 bits per heavy atom. The van der Waals surface area contributed by atoms with Crippen molar-refractivity contribution in [3.63, 3.8) is 0 Å². The fraction of sp³-hybridized carbons (Fsp3) is 0.467. The van der Waals surface area contributed by atoms with Crippen molar-refractivity contribution in [3.05, 3.63) is 124 Å². The molecule has 0 spiro atoms. The van der Waals surface area contributed by atoms with Gasteiger partial charge in [-0.15, -0.1) is 11.3 Å². The van der Waals surface area contributed by atoms with Gasteiger partial charge >= 0.3 is 0 Å². The van der Waals surface area contributed by atoms with E-state index in [0.717, 1.165) is 5.92 Å². The van der Waals surface area contributed by atoms with Crippen LogP contribution in [0.25, 0.3) is 10.1 Å². The first-order valence-electron chi connectivity index (χ1n) is 24.8. The molecule has 3 fully saturated rings. The van der Waals surface area contributed by atoms with Crippen molar-refractivity contribution in [2.24, 2.45) is 5.92 Å². The minimum atomic E-state index is -0.0736. The Bertz CT molecular complexity index is 2850. The third-order valence-electron chi connectivity index (χ3n) is 17.2. The normalized spacial score (nSPS) is 22.0. The van der Waals surface area contributed by atoms with Gasteiger partial charge in [0.1, 0.15) is 0 Å². The Hall–Kier alpha value is -4.28. The molecule has 3 heterocycles. The van der Waals surface area contributed by atoms with Crippen LogP contribution >= 0.6 is 11.3 Å². The lowest BCUT2D eigenvalue weighted by molar-refractivity contribution is 0.136. The highest BCUT2D eigenvalue weighted by atomic mass is 32.1. The molecule has 3 saturated carbocycles. The van der Waals surface area contributed by atoms with Gasteiger partial charge in [-0.1, -0.05) is 126 Å². The van der Waals surface area contributed by atoms with E-state index in [9.17, 15) is 0 Å². The fourth-order valence-corrected chi connectivity index (χ4v) is 14.1. The molecule has 6 aliphatic rings. The first-order valence-corrected chi connectivity index (χ1v) is 25.6. The molecule has 12 rings (SSSR count). The summed E-state index contributed by atoms with van der Waals surface area (Å²) in [5.41, 5.74) is 20.1. The van der Waals surface area contributed by atoms with E-state index in [0.29, 0.717) is 5.41 Å². The molecule has 2 bridgehead atoms. The maximum atomic E-state index is 2.77. The van der Waals surface area contributed by atoms with Crippen LogP contribution in [-0.4, -0.2) is 6.71 Å². The topological polar surface area (TPSA) is 6.48 Å². The summed E-state index contributed by atoms with van der Waals surface area (Å²) in [6.45, 7) is 31.3. The second-order valence-electron chi connectivity index (χ2n) is 25.4. The molecule has 330 valence electrons. The fourth-order valence-electron chi connectivity index (χ4n) is 12.8. The maximum absolute atomic E-state index is 2.77. The Kier molecular flexibility index (Phi) is 9.19. The van der Waals surface area contributed by atoms with E-state index in [4.69, 9.17) is 0 Å². The molecule has 0 N–H and O–H groups in total. The first-order chi connectivity index (χ1) is 30.0. The van der Waals surface area contributed by atoms with Gasteiger partial charge in [0.05, 0.1) is 5.69 Å². The maximum Gasteiger partial charge on any atom is 0.264 e. The number of hydrogen-bond acceptors (Lipinski definition) is 3. The molecule has 2 aliphatic heterocycles. The molecule has 6 aromatic rings. The van der Waals surface area contributed by atoms with E-state index in [-0.39, 0.29) is 33.8 Å². The summed E-state index contributed by atoms with van der Waals surface area (Å²) in [6, 6.07) is 37.6. The molecule has 4 heteroatoms. The van der Waals surface area contributed by atoms with Crippen molar-refractivity contribution >= 4 is 78.0 Å².